The molecular formula is C25H15B8Cl2N7O5. The SMILES string of the molecule is [B]C1([B])OC([B])([B])C([B])([B])N(c2cc(NC(=O)Cn3cc(-c4cc(Cl)c(O)c(C(N)=O)c4)c4c(=O)n(C)cnc43)c(Cl)cn2)C1([B])[B]. The summed E-state index contributed by atoms with van der Waals surface area (Å²) in [6.45, 7) is -0.421. The van der Waals surface area contributed by atoms with Crippen molar-refractivity contribution in [3.8, 4) is 16.9 Å². The topological polar surface area (TPSA) is 158 Å². The summed E-state index contributed by atoms with van der Waals surface area (Å²) in [6.07, 6.45) is 3.83. The van der Waals surface area contributed by atoms with Gasteiger partial charge < -0.3 is 34.9 Å². The lowest BCUT2D eigenvalue weighted by Crippen LogP contribution is -2.86. The number of ether oxygens (including phenoxy) is 1. The van der Waals surface area contributed by atoms with Crippen molar-refractivity contribution in [2.24, 2.45) is 12.8 Å². The second kappa shape index (κ2) is 11.5. The number of aryl methyl sites for hydroxylation is 1. The number of carbonyl (C=O) groups excluding carboxylic acids is 2. The van der Waals surface area contributed by atoms with Crippen molar-refractivity contribution >= 4 is 120 Å². The van der Waals surface area contributed by atoms with Crippen LogP contribution in [0.4, 0.5) is 11.5 Å². The summed E-state index contributed by atoms with van der Waals surface area (Å²) < 4.78 is 7.80. The van der Waals surface area contributed by atoms with Gasteiger partial charge in [0.25, 0.3) is 11.5 Å². The predicted octanol–water partition coefficient (Wildman–Crippen LogP) is -1.65. The molecule has 0 aliphatic carbocycles. The highest BCUT2D eigenvalue weighted by Gasteiger charge is 2.57. The molecule has 5 rings (SSSR count). The number of phenols is 1. The number of carbonyl (C=O) groups is 2. The first kappa shape index (κ1) is 34.7. The van der Waals surface area contributed by atoms with E-state index < -0.39 is 51.1 Å². The fourth-order valence-corrected chi connectivity index (χ4v) is 5.38. The van der Waals surface area contributed by atoms with Crippen LogP contribution in [0.2, 0.25) is 10.0 Å². The molecule has 12 nitrogen and oxygen atoms in total. The number of pyridine rings is 1. The van der Waals surface area contributed by atoms with Gasteiger partial charge in [-0.2, -0.15) is 0 Å². The highest BCUT2D eigenvalue weighted by atomic mass is 35.5. The maximum Gasteiger partial charge on any atom is 0.263 e. The average molecular weight is 651 g/mol. The molecule has 1 aromatic carbocycles. The predicted molar refractivity (Wildman–Crippen MR) is 184 cm³/mol. The van der Waals surface area contributed by atoms with E-state index in [9.17, 15) is 19.5 Å². The van der Waals surface area contributed by atoms with Crippen LogP contribution >= 0.6 is 23.2 Å². The van der Waals surface area contributed by atoms with Gasteiger partial charge in [0.1, 0.15) is 55.1 Å². The van der Waals surface area contributed by atoms with Crippen LogP contribution in [0.25, 0.3) is 22.2 Å². The van der Waals surface area contributed by atoms with Crippen LogP contribution in [-0.4, -0.2) is 120 Å². The van der Waals surface area contributed by atoms with Gasteiger partial charge in [0.2, 0.25) is 5.91 Å². The summed E-state index contributed by atoms with van der Waals surface area (Å²) in [5.41, 5.74) is 5.20. The average Bonchev–Trinajstić information content (AvgIpc) is 3.30. The monoisotopic (exact) mass is 651 g/mol. The van der Waals surface area contributed by atoms with Crippen LogP contribution in [0, 0.1) is 0 Å². The minimum atomic E-state index is -2.42. The van der Waals surface area contributed by atoms with Crippen LogP contribution in [-0.2, 0) is 23.1 Å². The van der Waals surface area contributed by atoms with Crippen LogP contribution in [0.5, 0.6) is 5.75 Å². The molecule has 0 saturated carbocycles. The van der Waals surface area contributed by atoms with Crippen LogP contribution in [0.15, 0.2) is 41.7 Å². The third-order valence-corrected chi connectivity index (χ3v) is 8.15. The molecule has 3 aromatic heterocycles. The summed E-state index contributed by atoms with van der Waals surface area (Å²) >= 11 is 12.5. The number of halogens is 2. The Bertz CT molecular complexity index is 2010. The van der Waals surface area contributed by atoms with Gasteiger partial charge in [-0.15, -0.1) is 0 Å². The number of nitrogens with two attached hydrogens (primary N) is 1. The van der Waals surface area contributed by atoms with Gasteiger partial charge in [0.15, 0.2) is 0 Å². The maximum atomic E-state index is 13.4. The second-order valence-electron chi connectivity index (χ2n) is 11.0. The lowest BCUT2D eigenvalue weighted by molar-refractivity contribution is -0.116. The number of benzene rings is 1. The van der Waals surface area contributed by atoms with Crippen LogP contribution in [0.3, 0.4) is 0 Å². The van der Waals surface area contributed by atoms with E-state index in [0.717, 1.165) is 11.1 Å². The standard InChI is InChI=1S/C25H15B8Cl2N7O5/c1-40-8-38-20-17(21(40)46)11(9-2-10(19(36)45)18(44)12(34)3-9)6-41(20)7-16(43)39-14-4-15(37-5-13(14)35)42-22(26,27)24(30,31)47-25(32,33)23(42,28)29/h2-6,8,44H,7H2,1H3,(H2,36,45)(H,37,39,43). The highest BCUT2D eigenvalue weighted by Crippen LogP contribution is 2.43. The Morgan fingerprint density at radius 1 is 1.00 bits per heavy atom. The van der Waals surface area contributed by atoms with Gasteiger partial charge in [0.05, 0.1) is 70.6 Å². The van der Waals surface area contributed by atoms with Crippen molar-refractivity contribution in [1.29, 1.82) is 0 Å². The number of amides is 2. The fraction of sp³-hybridized carbons (Fsp3) is 0.240. The highest BCUT2D eigenvalue weighted by molar-refractivity contribution is 6.61. The lowest BCUT2D eigenvalue weighted by atomic mass is 9.30. The number of anilines is 2. The van der Waals surface area contributed by atoms with E-state index in [1.165, 1.54) is 46.9 Å². The van der Waals surface area contributed by atoms with Crippen LogP contribution < -0.4 is 21.5 Å². The molecule has 0 bridgehead atoms. The van der Waals surface area contributed by atoms with Gasteiger partial charge in [-0.1, -0.05) is 23.2 Å². The van der Waals surface area contributed by atoms with Gasteiger partial charge in [-0.25, -0.2) is 9.97 Å². The Balaban J connectivity index is 1.54. The zero-order valence-electron chi connectivity index (χ0n) is 24.4. The maximum absolute atomic E-state index is 13.4. The molecule has 0 atom stereocenters. The number of primary amides is 1. The molecule has 0 spiro atoms. The molecule has 1 aliphatic rings. The van der Waals surface area contributed by atoms with Gasteiger partial charge >= 0.3 is 0 Å². The summed E-state index contributed by atoms with van der Waals surface area (Å²) in [5.74, 6) is -2.37. The number of aromatic hydroxyl groups is 1. The molecule has 1 saturated heterocycles. The molecule has 1 aliphatic heterocycles. The second-order valence-corrected chi connectivity index (χ2v) is 11.8. The van der Waals surface area contributed by atoms with E-state index >= 15 is 0 Å². The molecule has 218 valence electrons. The number of fused-ring (bicyclic) bond motifs is 1. The Labute approximate surface area is 288 Å². The minimum absolute atomic E-state index is 0.0315. The molecule has 2 amide bonds. The van der Waals surface area contributed by atoms with E-state index in [-0.39, 0.29) is 49.3 Å². The first-order valence-corrected chi connectivity index (χ1v) is 14.0. The molecule has 22 heteroatoms. The van der Waals surface area contributed by atoms with Crippen molar-refractivity contribution in [2.45, 2.75) is 28.0 Å². The third-order valence-electron chi connectivity index (χ3n) is 7.56. The van der Waals surface area contributed by atoms with E-state index in [1.54, 1.807) is 0 Å². The summed E-state index contributed by atoms with van der Waals surface area (Å²) in [7, 11) is 50.1. The molecule has 1 fully saturated rings. The van der Waals surface area contributed by atoms with E-state index in [0.29, 0.717) is 0 Å². The smallest absolute Gasteiger partial charge is 0.263 e. The van der Waals surface area contributed by atoms with E-state index in [4.69, 9.17) is 96.4 Å². The van der Waals surface area contributed by atoms with Gasteiger partial charge in [0, 0.05) is 24.9 Å². The van der Waals surface area contributed by atoms with E-state index in [2.05, 4.69) is 15.3 Å². The van der Waals surface area contributed by atoms with Gasteiger partial charge in [-0.3, -0.25) is 14.4 Å². The lowest BCUT2D eigenvalue weighted by Gasteiger charge is -2.70. The molecule has 4 heterocycles. The first-order valence-electron chi connectivity index (χ1n) is 13.2. The Morgan fingerprint density at radius 3 is 2.21 bits per heavy atom. The van der Waals surface area contributed by atoms with Crippen molar-refractivity contribution in [3.63, 3.8) is 0 Å². The van der Waals surface area contributed by atoms with E-state index in [1.807, 2.05) is 0 Å². The summed E-state index contributed by atoms with van der Waals surface area (Å²) in [4.78, 5) is 47.9. The third kappa shape index (κ3) is 5.67. The normalized spacial score (nSPS) is 17.7. The number of aromatic nitrogens is 4. The quantitative estimate of drug-likeness (QED) is 0.210. The summed E-state index contributed by atoms with van der Waals surface area (Å²) in [5, 5.41) is 3.08. The molecule has 0 unspecified atom stereocenters. The number of hydrogen-bond donors (Lipinski definition) is 3. The Hall–Kier alpha value is -3.61. The number of rotatable bonds is 6. The zero-order chi connectivity index (χ0) is 35.0. The molecule has 4 N–H and O–H groups in total. The fourth-order valence-electron chi connectivity index (χ4n) is 5.01. The largest absolute Gasteiger partial charge is 0.506 e. The van der Waals surface area contributed by atoms with Crippen molar-refractivity contribution in [2.75, 3.05) is 10.2 Å². The van der Waals surface area contributed by atoms with Crippen molar-refractivity contribution < 1.29 is 19.4 Å². The Morgan fingerprint density at radius 2 is 1.62 bits per heavy atom. The first-order chi connectivity index (χ1) is 21.6. The van der Waals surface area contributed by atoms with Gasteiger partial charge in [-0.05, 0) is 39.2 Å². The summed E-state index contributed by atoms with van der Waals surface area (Å²) in [6, 6.07) is 3.80. The Kier molecular flexibility index (Phi) is 8.51. The molecule has 4 aromatic rings. The number of hydrogen-bond acceptors (Lipinski definition) is 8. The van der Waals surface area contributed by atoms with Crippen LogP contribution in [0.1, 0.15) is 10.4 Å². The molecule has 47 heavy (non-hydrogen) atoms. The number of morpholine rings is 1. The van der Waals surface area contributed by atoms with Crippen molar-refractivity contribution in [1.82, 2.24) is 19.1 Å². The zero-order valence-corrected chi connectivity index (χ0v) is 26.0. The molecular weight excluding hydrogens is 636 g/mol. The minimum Gasteiger partial charge on any atom is -0.506 e. The number of nitrogens with one attached hydrogen (secondary N) is 1. The van der Waals surface area contributed by atoms with Crippen molar-refractivity contribution in [3.05, 3.63) is 62.9 Å². The molecule has 16 radical (unpaired) electrons. The number of nitrogens with zero attached hydrogens (tertiary/aromatic N) is 5.